The molecule has 20 rings (SSSR count). The minimum absolute atomic E-state index is 0. The van der Waals surface area contributed by atoms with Crippen LogP contribution in [0.2, 0.25) is 0 Å². The summed E-state index contributed by atoms with van der Waals surface area (Å²) in [5.41, 5.74) is -0.130. The Balaban J connectivity index is 0.000000139. The van der Waals surface area contributed by atoms with Crippen LogP contribution in [0.15, 0.2) is 217 Å². The fourth-order valence-corrected chi connectivity index (χ4v) is 26.8. The predicted molar refractivity (Wildman–Crippen MR) is 494 cm³/mol. The van der Waals surface area contributed by atoms with E-state index in [2.05, 4.69) is 35.5 Å². The molecule has 12 aliphatic carbocycles. The molecule has 6 aromatic carbocycles. The first-order chi connectivity index (χ1) is 64.4. The lowest BCUT2D eigenvalue weighted by Crippen LogP contribution is -2.70. The lowest BCUT2D eigenvalue weighted by Gasteiger charge is -2.63. The fraction of sp³-hybridized carbons (Fsp3) is 0.445. The lowest BCUT2D eigenvalue weighted by molar-refractivity contribution is -0.235. The van der Waals surface area contributed by atoms with Crippen LogP contribution in [0.4, 0.5) is 37.7 Å². The second-order valence-electron chi connectivity index (χ2n) is 40.3. The van der Waals surface area contributed by atoms with Crippen LogP contribution in [0.1, 0.15) is 180 Å². The van der Waals surface area contributed by atoms with E-state index in [1.165, 1.54) is 63.6 Å². The van der Waals surface area contributed by atoms with Crippen molar-refractivity contribution in [2.24, 2.45) is 68.0 Å². The molecule has 2 aliphatic heterocycles. The number of ether oxygens (including phenoxy) is 4. The van der Waals surface area contributed by atoms with Gasteiger partial charge in [-0.25, -0.2) is 26.3 Å². The van der Waals surface area contributed by atoms with E-state index in [-0.39, 0.29) is 81.9 Å². The number of fused-ring (bicyclic) bond motifs is 19. The zero-order chi connectivity index (χ0) is 97.5. The summed E-state index contributed by atoms with van der Waals surface area (Å²) in [6, 6.07) is 44.2. The van der Waals surface area contributed by atoms with E-state index in [1.54, 1.807) is 98.8 Å². The van der Waals surface area contributed by atoms with Crippen LogP contribution in [0.3, 0.4) is 0 Å². The molecule has 12 N–H and O–H groups in total. The summed E-state index contributed by atoms with van der Waals surface area (Å²) in [4.78, 5) is 86.3. The summed E-state index contributed by atoms with van der Waals surface area (Å²) in [6.07, 6.45) is -4.45. The SMILES string of the molecule is C.C[C@]12C=CC(=O)C=C1[C@@H](F)C[C@H]1[C@@H]3C[C@@H](O)[C@](O)(C(=O)CO)[C@@]3(C)C[C@H](O)[C@@]12F.C[C@]12C=CC(=O)C=C1[C@@H](F)C[C@H]1[C@@H]3C[C@H]4O[C@@H](c5ccc(C#Cc6cccc(N)c6)cc5)O[C@@]4(C(=O)CO)[C@@]3(C)C[C@H](O)[C@@]12F.C[C@]12C=CC(=O)C=C1[C@@H](F)C[C@H]1[C@@H]3C[C@H]4O[C@H](c5ccc(C#Cc6cccc(N)c6)cc5)O[C@@]4(C(=O)CO)[C@@]3(C)C[C@H](O)[C@@]12F.Cc1cccc(C#Cc2ccc(C=O)cc2)c1. The van der Waals surface area contributed by atoms with Gasteiger partial charge in [-0.05, 0) is 247 Å². The summed E-state index contributed by atoms with van der Waals surface area (Å²) in [5, 5.41) is 85.6. The van der Waals surface area contributed by atoms with E-state index in [1.807, 2.05) is 67.6 Å². The maximum absolute atomic E-state index is 17.5. The average Bonchev–Trinajstić information content (AvgIpc) is 1.54. The third-order valence-electron chi connectivity index (χ3n) is 33.5. The minimum Gasteiger partial charge on any atom is -0.399 e. The number of Topliss-reactive ketones (excluding diaryl/α,β-unsaturated/α-hetero) is 3. The molecule has 9 saturated carbocycles. The Morgan fingerprint density at radius 3 is 1.08 bits per heavy atom. The summed E-state index contributed by atoms with van der Waals surface area (Å²) in [6.45, 7) is 8.86. The van der Waals surface area contributed by atoms with Crippen molar-refractivity contribution >= 4 is 52.4 Å². The zero-order valence-electron chi connectivity index (χ0n) is 75.9. The highest BCUT2D eigenvalue weighted by atomic mass is 19.2. The van der Waals surface area contributed by atoms with Crippen molar-refractivity contribution in [2.45, 2.75) is 215 Å². The standard InChI is InChI=1S/2C36H35F2NO6.C21H26F2O6.C16H12O.CH4/c2*1-33-13-12-24(41)15-27(33)28(37)16-26-25-17-31-36(30(43)19-40,34(25,2)18-29(42)35(26,33)38)45-32(44-31)22-10-8-20(9-11-22)6-7-21-4-3-5-23(39)14-21;1-18-4-3-10(25)5-13(18)14(22)6-12-11-7-15(26)21(29,17(28)9-24)19(11,2)8-16(27)20(12,18)23;1-13-3-2-4-15(11-13)8-5-14-6-9-16(12-17)10-7-14;/h2*3-5,8-15,25-26,28-29,31-32,40,42H,16-19,39H2,1-2H3;3-5,11-12,14-16,24,26-27,29H,6-9H2,1-2H3;2-4,6-7,9-12H,1H3;1H4/t25-,26-,28-,29-,31+,32+,33-,34-,35-,36+;25-,26-,28-,29-,31+,32-,33-,34-,35-,36+;11-,12-,14-,15+,16-,18-,19-,20-,21-;;/m000../s1. The minimum atomic E-state index is -2.37. The van der Waals surface area contributed by atoms with Crippen molar-refractivity contribution < 1.29 is 120 Å². The second-order valence-corrected chi connectivity index (χ2v) is 40.3. The highest BCUT2D eigenvalue weighted by molar-refractivity contribution is 6.03. The van der Waals surface area contributed by atoms with E-state index < -0.39 is 224 Å². The molecule has 27 heteroatoms. The van der Waals surface area contributed by atoms with Crippen molar-refractivity contribution in [3.05, 3.63) is 273 Å². The first-order valence-electron chi connectivity index (χ1n) is 45.9. The second kappa shape index (κ2) is 35.9. The topological polar surface area (TPSA) is 370 Å². The number of aliphatic hydroxyl groups is 8. The van der Waals surface area contributed by atoms with Crippen LogP contribution in [0.25, 0.3) is 0 Å². The van der Waals surface area contributed by atoms with E-state index in [9.17, 15) is 74.4 Å². The van der Waals surface area contributed by atoms with Crippen molar-refractivity contribution in [1.82, 2.24) is 0 Å². The number of nitrogens with two attached hydrogens (primary N) is 2. The molecule has 718 valence electrons. The van der Waals surface area contributed by atoms with E-state index in [0.717, 1.165) is 64.0 Å². The number of hydrogen-bond acceptors (Lipinski definition) is 21. The molecule has 0 bridgehead atoms. The van der Waals surface area contributed by atoms with Crippen LogP contribution >= 0.6 is 0 Å². The lowest BCUT2D eigenvalue weighted by atomic mass is 9.44. The van der Waals surface area contributed by atoms with Gasteiger partial charge in [-0.15, -0.1) is 0 Å². The Morgan fingerprint density at radius 1 is 0.423 bits per heavy atom. The Hall–Kier alpha value is -11.2. The summed E-state index contributed by atoms with van der Waals surface area (Å²) in [5.74, 6) is 9.83. The number of carbonyl (C=O) groups excluding carboxylic acids is 7. The first-order valence-corrected chi connectivity index (χ1v) is 45.9. The van der Waals surface area contributed by atoms with Crippen LogP contribution in [0, 0.1) is 110 Å². The van der Waals surface area contributed by atoms with Gasteiger partial charge in [-0.1, -0.05) is 143 Å². The number of benzene rings is 6. The summed E-state index contributed by atoms with van der Waals surface area (Å²) in [7, 11) is 0. The van der Waals surface area contributed by atoms with E-state index >= 15 is 26.3 Å². The molecule has 2 heterocycles. The van der Waals surface area contributed by atoms with Gasteiger partial charge in [0.15, 0.2) is 81.1 Å². The molecule has 11 fully saturated rings. The molecule has 0 radical (unpaired) electrons. The monoisotopic (exact) mass is 1880 g/mol. The highest BCUT2D eigenvalue weighted by Gasteiger charge is 2.83. The number of anilines is 2. The molecule has 0 unspecified atom stereocenters. The largest absolute Gasteiger partial charge is 0.399 e. The van der Waals surface area contributed by atoms with Gasteiger partial charge >= 0.3 is 0 Å². The van der Waals surface area contributed by atoms with Gasteiger partial charge in [0.1, 0.15) is 44.6 Å². The predicted octanol–water partition coefficient (Wildman–Crippen LogP) is 13.0. The molecule has 0 amide bonds. The molecule has 14 aliphatic rings. The molecule has 29 atom stereocenters. The van der Waals surface area contributed by atoms with Crippen molar-refractivity contribution in [1.29, 1.82) is 0 Å². The van der Waals surface area contributed by atoms with Crippen molar-refractivity contribution in [3.8, 4) is 35.5 Å². The Morgan fingerprint density at radius 2 is 0.745 bits per heavy atom. The number of alkyl halides is 6. The number of aldehydes is 1. The van der Waals surface area contributed by atoms with Gasteiger partial charge in [0.25, 0.3) is 0 Å². The number of carbonyl (C=O) groups is 7. The number of rotatable bonds is 9. The van der Waals surface area contributed by atoms with Crippen LogP contribution < -0.4 is 11.5 Å². The van der Waals surface area contributed by atoms with Gasteiger partial charge < -0.3 is 71.3 Å². The molecule has 137 heavy (non-hydrogen) atoms. The number of aryl methyl sites for hydroxylation is 1. The van der Waals surface area contributed by atoms with E-state index in [4.69, 9.17) is 30.4 Å². The average molecular weight is 1880 g/mol. The van der Waals surface area contributed by atoms with Gasteiger partial charge in [0.05, 0.1) is 36.6 Å². The number of aliphatic hydroxyl groups excluding tert-OH is 7. The molecule has 21 nitrogen and oxygen atoms in total. The molecular formula is C110H112F6N2O19. The molecule has 6 aromatic rings. The number of halogens is 6. The molecule has 0 aromatic heterocycles. The maximum Gasteiger partial charge on any atom is 0.193 e. The summed E-state index contributed by atoms with van der Waals surface area (Å²) < 4.78 is 124. The molecule has 2 saturated heterocycles. The maximum atomic E-state index is 17.5. The number of hydrogen-bond donors (Lipinski definition) is 10. The van der Waals surface area contributed by atoms with Gasteiger partial charge in [0.2, 0.25) is 0 Å². The Labute approximate surface area is 790 Å². The van der Waals surface area contributed by atoms with Gasteiger partial charge in [-0.3, -0.25) is 33.6 Å². The third-order valence-corrected chi connectivity index (χ3v) is 33.5. The van der Waals surface area contributed by atoms with Crippen LogP contribution in [0.5, 0.6) is 0 Å². The van der Waals surface area contributed by atoms with Crippen LogP contribution in [-0.4, -0.2) is 191 Å². The zero-order valence-corrected chi connectivity index (χ0v) is 75.9. The van der Waals surface area contributed by atoms with Crippen molar-refractivity contribution in [3.63, 3.8) is 0 Å². The smallest absolute Gasteiger partial charge is 0.193 e. The summed E-state index contributed by atoms with van der Waals surface area (Å²) >= 11 is 0. The number of ketones is 6. The molecular weight excluding hydrogens is 1770 g/mol. The first kappa shape index (κ1) is 98.9. The van der Waals surface area contributed by atoms with Gasteiger partial charge in [0, 0.05) is 112 Å². The molecule has 0 spiro atoms. The number of nitrogen functional groups attached to an aromatic ring is 2. The number of allylic oxidation sites excluding steroid dienone is 12. The Bertz CT molecular complexity index is 6030. The van der Waals surface area contributed by atoms with Gasteiger partial charge in [-0.2, -0.15) is 0 Å². The third kappa shape index (κ3) is 15.1. The van der Waals surface area contributed by atoms with Crippen LogP contribution in [-0.2, 0) is 47.7 Å². The Kier molecular flexibility index (Phi) is 25.9. The normalized spacial score (nSPS) is 39.6. The quantitative estimate of drug-likeness (QED) is 0.0278. The highest BCUT2D eigenvalue weighted by Crippen LogP contribution is 2.76. The van der Waals surface area contributed by atoms with Crippen molar-refractivity contribution in [2.75, 3.05) is 31.3 Å². The van der Waals surface area contributed by atoms with E-state index in [0.29, 0.717) is 28.1 Å². The fourth-order valence-electron chi connectivity index (χ4n) is 26.8.